The molecule has 2 aromatic rings. The first-order chi connectivity index (χ1) is 9.10. The largest absolute Gasteiger partial charge is 0.461 e. The van der Waals surface area contributed by atoms with E-state index >= 15 is 0 Å². The van der Waals surface area contributed by atoms with Crippen molar-refractivity contribution in [2.24, 2.45) is 0 Å². The Hall–Kier alpha value is -1.52. The molecule has 4 nitrogen and oxygen atoms in total. The zero-order valence-electron chi connectivity index (χ0n) is 10.2. The fraction of sp³-hybridized carbons (Fsp3) is 0.231. The van der Waals surface area contributed by atoms with E-state index in [0.717, 1.165) is 5.56 Å². The fourth-order valence-corrected chi connectivity index (χ4v) is 1.87. The summed E-state index contributed by atoms with van der Waals surface area (Å²) in [7, 11) is 0. The third-order valence-corrected chi connectivity index (χ3v) is 3.14. The molecule has 0 amide bonds. The molecule has 1 aromatic heterocycles. The van der Waals surface area contributed by atoms with Gasteiger partial charge in [0.15, 0.2) is 5.69 Å². The van der Waals surface area contributed by atoms with Gasteiger partial charge >= 0.3 is 5.97 Å². The SMILES string of the molecule is CCOC(=O)c1cc(Cc2ccc(Cl)c(Cl)c2)on1. The van der Waals surface area contributed by atoms with Gasteiger partial charge < -0.3 is 9.26 Å². The lowest BCUT2D eigenvalue weighted by Gasteiger charge is -2.00. The van der Waals surface area contributed by atoms with Gasteiger partial charge in [0.2, 0.25) is 0 Å². The van der Waals surface area contributed by atoms with Gasteiger partial charge in [0, 0.05) is 12.5 Å². The molecule has 1 aromatic carbocycles. The molecule has 0 aliphatic heterocycles. The van der Waals surface area contributed by atoms with E-state index < -0.39 is 5.97 Å². The molecule has 0 bridgehead atoms. The van der Waals surface area contributed by atoms with Crippen molar-refractivity contribution >= 4 is 29.2 Å². The van der Waals surface area contributed by atoms with Crippen LogP contribution in [0.4, 0.5) is 0 Å². The van der Waals surface area contributed by atoms with Crippen molar-refractivity contribution in [1.29, 1.82) is 0 Å². The van der Waals surface area contributed by atoms with E-state index in [1.807, 2.05) is 6.07 Å². The number of aromatic nitrogens is 1. The van der Waals surface area contributed by atoms with E-state index in [4.69, 9.17) is 32.5 Å². The molecule has 0 saturated heterocycles. The average molecular weight is 300 g/mol. The molecule has 0 atom stereocenters. The van der Waals surface area contributed by atoms with Gasteiger partial charge in [-0.1, -0.05) is 34.4 Å². The molecular weight excluding hydrogens is 289 g/mol. The number of esters is 1. The van der Waals surface area contributed by atoms with E-state index in [1.165, 1.54) is 0 Å². The smallest absolute Gasteiger partial charge is 0.360 e. The summed E-state index contributed by atoms with van der Waals surface area (Å²) >= 11 is 11.8. The van der Waals surface area contributed by atoms with E-state index in [0.29, 0.717) is 28.8 Å². The van der Waals surface area contributed by atoms with Crippen LogP contribution in [0.15, 0.2) is 28.8 Å². The average Bonchev–Trinajstić information content (AvgIpc) is 2.83. The molecule has 0 radical (unpaired) electrons. The van der Waals surface area contributed by atoms with Gasteiger partial charge in [-0.15, -0.1) is 0 Å². The lowest BCUT2D eigenvalue weighted by molar-refractivity contribution is 0.0514. The minimum atomic E-state index is -0.494. The monoisotopic (exact) mass is 299 g/mol. The van der Waals surface area contributed by atoms with Crippen LogP contribution in [0, 0.1) is 0 Å². The predicted octanol–water partition coefficient (Wildman–Crippen LogP) is 3.75. The second kappa shape index (κ2) is 6.08. The zero-order chi connectivity index (χ0) is 13.8. The van der Waals surface area contributed by atoms with Crippen molar-refractivity contribution in [3.8, 4) is 0 Å². The number of ether oxygens (including phenoxy) is 1. The lowest BCUT2D eigenvalue weighted by atomic mass is 10.1. The summed E-state index contributed by atoms with van der Waals surface area (Å²) in [5.74, 6) is 0.0630. The van der Waals surface area contributed by atoms with E-state index in [9.17, 15) is 4.79 Å². The summed E-state index contributed by atoms with van der Waals surface area (Å²) < 4.78 is 9.91. The molecule has 0 aliphatic rings. The molecule has 0 unspecified atom stereocenters. The van der Waals surface area contributed by atoms with Gasteiger partial charge in [0.25, 0.3) is 0 Å². The third kappa shape index (κ3) is 3.49. The van der Waals surface area contributed by atoms with E-state index in [1.54, 1.807) is 25.1 Å². The summed E-state index contributed by atoms with van der Waals surface area (Å²) in [4.78, 5) is 11.4. The van der Waals surface area contributed by atoms with Crippen LogP contribution in [0.3, 0.4) is 0 Å². The predicted molar refractivity (Wildman–Crippen MR) is 71.7 cm³/mol. The van der Waals surface area contributed by atoms with Gasteiger partial charge in [-0.3, -0.25) is 0 Å². The first-order valence-electron chi connectivity index (χ1n) is 5.66. The second-order valence-corrected chi connectivity index (χ2v) is 4.64. The quantitative estimate of drug-likeness (QED) is 0.807. The fourth-order valence-electron chi connectivity index (χ4n) is 1.55. The Labute approximate surface area is 120 Å². The normalized spacial score (nSPS) is 10.5. The molecule has 1 heterocycles. The van der Waals surface area contributed by atoms with Crippen molar-refractivity contribution in [3.63, 3.8) is 0 Å². The van der Waals surface area contributed by atoms with E-state index in [-0.39, 0.29) is 5.69 Å². The highest BCUT2D eigenvalue weighted by molar-refractivity contribution is 6.42. The van der Waals surface area contributed by atoms with Gasteiger partial charge in [0.05, 0.1) is 16.7 Å². The number of hydrogen-bond donors (Lipinski definition) is 0. The number of nitrogens with zero attached hydrogens (tertiary/aromatic N) is 1. The van der Waals surface area contributed by atoms with Crippen LogP contribution in [0.2, 0.25) is 10.0 Å². The van der Waals surface area contributed by atoms with Crippen LogP contribution in [0.25, 0.3) is 0 Å². The highest BCUT2D eigenvalue weighted by Crippen LogP contribution is 2.24. The summed E-state index contributed by atoms with van der Waals surface area (Å²) in [5.41, 5.74) is 1.08. The first-order valence-corrected chi connectivity index (χ1v) is 6.42. The Morgan fingerprint density at radius 2 is 2.11 bits per heavy atom. The summed E-state index contributed by atoms with van der Waals surface area (Å²) in [6, 6.07) is 6.85. The summed E-state index contributed by atoms with van der Waals surface area (Å²) in [6.45, 7) is 2.03. The zero-order valence-corrected chi connectivity index (χ0v) is 11.7. The highest BCUT2D eigenvalue weighted by Gasteiger charge is 2.13. The Kier molecular flexibility index (Phi) is 4.45. The molecule has 19 heavy (non-hydrogen) atoms. The van der Waals surface area contributed by atoms with Gasteiger partial charge in [-0.05, 0) is 24.6 Å². The Bertz CT molecular complexity index is 595. The van der Waals surface area contributed by atoms with Crippen molar-refractivity contribution in [2.45, 2.75) is 13.3 Å². The maximum Gasteiger partial charge on any atom is 0.360 e. The maximum absolute atomic E-state index is 11.4. The Morgan fingerprint density at radius 1 is 1.32 bits per heavy atom. The van der Waals surface area contributed by atoms with Crippen LogP contribution in [0.1, 0.15) is 28.7 Å². The number of carbonyl (C=O) groups is 1. The molecule has 0 saturated carbocycles. The van der Waals surface area contributed by atoms with Crippen LogP contribution >= 0.6 is 23.2 Å². The van der Waals surface area contributed by atoms with Crippen LogP contribution < -0.4 is 0 Å². The van der Waals surface area contributed by atoms with Crippen molar-refractivity contribution < 1.29 is 14.1 Å². The molecule has 0 aliphatic carbocycles. The Balaban J connectivity index is 2.11. The number of hydrogen-bond acceptors (Lipinski definition) is 4. The topological polar surface area (TPSA) is 52.3 Å². The molecule has 0 N–H and O–H groups in total. The van der Waals surface area contributed by atoms with Gasteiger partial charge in [-0.25, -0.2) is 4.79 Å². The summed E-state index contributed by atoms with van der Waals surface area (Å²) in [6.07, 6.45) is 0.475. The van der Waals surface area contributed by atoms with Crippen LogP contribution in [-0.4, -0.2) is 17.7 Å². The number of rotatable bonds is 4. The first kappa shape index (κ1) is 13.9. The molecule has 6 heteroatoms. The standard InChI is InChI=1S/C13H11Cl2NO3/c1-2-18-13(17)12-7-9(19-16-12)5-8-3-4-10(14)11(15)6-8/h3-4,6-7H,2,5H2,1H3. The number of carbonyl (C=O) groups excluding carboxylic acids is 1. The van der Waals surface area contributed by atoms with Crippen LogP contribution in [0.5, 0.6) is 0 Å². The lowest BCUT2D eigenvalue weighted by Crippen LogP contribution is -2.04. The van der Waals surface area contributed by atoms with Crippen molar-refractivity contribution in [2.75, 3.05) is 6.61 Å². The minimum absolute atomic E-state index is 0.164. The summed E-state index contributed by atoms with van der Waals surface area (Å²) in [5, 5.41) is 4.63. The molecule has 2 rings (SSSR count). The third-order valence-electron chi connectivity index (χ3n) is 2.41. The van der Waals surface area contributed by atoms with Gasteiger partial charge in [0.1, 0.15) is 5.76 Å². The van der Waals surface area contributed by atoms with Crippen LogP contribution in [-0.2, 0) is 11.2 Å². The minimum Gasteiger partial charge on any atom is -0.461 e. The van der Waals surface area contributed by atoms with Crippen molar-refractivity contribution in [3.05, 3.63) is 51.3 Å². The number of halogens is 2. The molecular formula is C13H11Cl2NO3. The molecule has 0 spiro atoms. The molecule has 0 fully saturated rings. The highest BCUT2D eigenvalue weighted by atomic mass is 35.5. The maximum atomic E-state index is 11.4. The Morgan fingerprint density at radius 3 is 2.79 bits per heavy atom. The number of benzene rings is 1. The van der Waals surface area contributed by atoms with Crippen molar-refractivity contribution in [1.82, 2.24) is 5.16 Å². The van der Waals surface area contributed by atoms with E-state index in [2.05, 4.69) is 5.16 Å². The second-order valence-electron chi connectivity index (χ2n) is 3.82. The molecule has 100 valence electrons. The van der Waals surface area contributed by atoms with Gasteiger partial charge in [-0.2, -0.15) is 0 Å².